The number of rotatable bonds is 7. The van der Waals surface area contributed by atoms with Gasteiger partial charge in [-0.05, 0) is 54.1 Å². The third-order valence-electron chi connectivity index (χ3n) is 6.44. The lowest BCUT2D eigenvalue weighted by atomic mass is 9.88. The van der Waals surface area contributed by atoms with Crippen LogP contribution in [-0.2, 0) is 16.1 Å². The predicted octanol–water partition coefficient (Wildman–Crippen LogP) is 5.97. The van der Waals surface area contributed by atoms with E-state index >= 15 is 0 Å². The molecule has 1 amide bonds. The van der Waals surface area contributed by atoms with Crippen LogP contribution < -0.4 is 4.74 Å². The van der Waals surface area contributed by atoms with Crippen molar-refractivity contribution in [3.8, 4) is 11.5 Å². The zero-order valence-electron chi connectivity index (χ0n) is 19.6. The number of hydrogen-bond donors (Lipinski definition) is 0. The monoisotopic (exact) mass is 491 g/mol. The summed E-state index contributed by atoms with van der Waals surface area (Å²) in [4.78, 5) is 41.7. The molecule has 3 aromatic carbocycles. The first-order chi connectivity index (χ1) is 18.1. The number of hydrogen-bond acceptors (Lipinski definition) is 6. The molecule has 37 heavy (non-hydrogen) atoms. The van der Waals surface area contributed by atoms with E-state index in [0.717, 1.165) is 5.39 Å². The van der Waals surface area contributed by atoms with Gasteiger partial charge in [-0.25, -0.2) is 0 Å². The van der Waals surface area contributed by atoms with Gasteiger partial charge in [0.25, 0.3) is 5.91 Å². The Morgan fingerprint density at radius 1 is 0.838 bits per heavy atom. The number of ketones is 2. The van der Waals surface area contributed by atoms with Crippen LogP contribution in [0.4, 0.5) is 0 Å². The van der Waals surface area contributed by atoms with Gasteiger partial charge in [-0.3, -0.25) is 14.4 Å². The summed E-state index contributed by atoms with van der Waals surface area (Å²) in [5.74, 6) is -1.66. The molecular formula is C30H21NO6. The number of amides is 1. The molecular weight excluding hydrogens is 470 g/mol. The number of nitrogens with zero attached hydrogens (tertiary/aromatic N) is 1. The molecule has 0 radical (unpaired) electrons. The number of carbonyl (C=O) groups excluding carboxylic acids is 3. The Labute approximate surface area is 211 Å². The fraction of sp³-hybridized carbons (Fsp3) is 0.100. The van der Waals surface area contributed by atoms with Gasteiger partial charge >= 0.3 is 0 Å². The Morgan fingerprint density at radius 3 is 2.41 bits per heavy atom. The van der Waals surface area contributed by atoms with Gasteiger partial charge in [-0.1, -0.05) is 48.5 Å². The van der Waals surface area contributed by atoms with Crippen molar-refractivity contribution in [2.45, 2.75) is 12.6 Å². The van der Waals surface area contributed by atoms with E-state index in [9.17, 15) is 14.4 Å². The number of benzene rings is 3. The van der Waals surface area contributed by atoms with Crippen LogP contribution in [0.15, 0.2) is 112 Å². The van der Waals surface area contributed by atoms with Crippen molar-refractivity contribution in [2.75, 3.05) is 0 Å². The van der Waals surface area contributed by atoms with Crippen LogP contribution in [0, 0.1) is 5.92 Å². The lowest BCUT2D eigenvalue weighted by Crippen LogP contribution is -2.30. The minimum absolute atomic E-state index is 0.0360. The SMILES string of the molecule is O=C1C(=O)N(Cc2ccco2)C(c2cccc(Oc3ccccc3)c2)C1C(=O)c1cc2ccccc2o1. The topological polar surface area (TPSA) is 90.0 Å². The van der Waals surface area contributed by atoms with Gasteiger partial charge < -0.3 is 18.5 Å². The van der Waals surface area contributed by atoms with Crippen molar-refractivity contribution in [3.05, 3.63) is 120 Å². The molecule has 0 saturated carbocycles. The third-order valence-corrected chi connectivity index (χ3v) is 6.44. The molecule has 0 spiro atoms. The molecule has 0 aliphatic carbocycles. The van der Waals surface area contributed by atoms with E-state index in [4.69, 9.17) is 13.6 Å². The molecule has 5 aromatic rings. The van der Waals surface area contributed by atoms with Gasteiger partial charge in [-0.15, -0.1) is 0 Å². The number of fused-ring (bicyclic) bond motifs is 1. The van der Waals surface area contributed by atoms with Gasteiger partial charge in [0.1, 0.15) is 28.8 Å². The lowest BCUT2D eigenvalue weighted by molar-refractivity contribution is -0.141. The molecule has 1 aliphatic heterocycles. The summed E-state index contributed by atoms with van der Waals surface area (Å²) < 4.78 is 17.2. The summed E-state index contributed by atoms with van der Waals surface area (Å²) in [6, 6.07) is 27.7. The van der Waals surface area contributed by atoms with Crippen LogP contribution in [0.1, 0.15) is 27.9 Å². The normalized spacial score (nSPS) is 17.5. The lowest BCUT2D eigenvalue weighted by Gasteiger charge is -2.26. The van der Waals surface area contributed by atoms with E-state index in [2.05, 4.69) is 0 Å². The highest BCUT2D eigenvalue weighted by atomic mass is 16.5. The quantitative estimate of drug-likeness (QED) is 0.158. The maximum atomic E-state index is 13.7. The molecule has 7 heteroatoms. The number of ether oxygens (including phenoxy) is 1. The van der Waals surface area contributed by atoms with Crippen LogP contribution in [0.5, 0.6) is 11.5 Å². The van der Waals surface area contributed by atoms with E-state index in [1.807, 2.05) is 42.5 Å². The van der Waals surface area contributed by atoms with Gasteiger partial charge in [0.05, 0.1) is 18.8 Å². The van der Waals surface area contributed by atoms with Gasteiger partial charge in [0.15, 0.2) is 5.76 Å². The molecule has 3 heterocycles. The summed E-state index contributed by atoms with van der Waals surface area (Å²) >= 11 is 0. The molecule has 0 N–H and O–H groups in total. The van der Waals surface area contributed by atoms with Crippen molar-refractivity contribution >= 4 is 28.4 Å². The number of para-hydroxylation sites is 2. The van der Waals surface area contributed by atoms with E-state index in [0.29, 0.717) is 28.4 Å². The maximum absolute atomic E-state index is 13.7. The predicted molar refractivity (Wildman–Crippen MR) is 134 cm³/mol. The minimum Gasteiger partial charge on any atom is -0.467 e. The zero-order valence-corrected chi connectivity index (χ0v) is 19.6. The first-order valence-corrected chi connectivity index (χ1v) is 11.8. The van der Waals surface area contributed by atoms with Crippen molar-refractivity contribution < 1.29 is 28.0 Å². The molecule has 7 nitrogen and oxygen atoms in total. The Kier molecular flexibility index (Phi) is 5.65. The standard InChI is InChI=1S/C30H21NO6/c32-28(25-17-19-8-4-5-14-24(19)37-25)26-27(31(30(34)29(26)33)18-23-13-7-15-35-23)20-9-6-12-22(16-20)36-21-10-2-1-3-11-21/h1-17,26-27H,18H2. The zero-order chi connectivity index (χ0) is 25.4. The second-order valence-corrected chi connectivity index (χ2v) is 8.80. The van der Waals surface area contributed by atoms with Gasteiger partial charge in [0, 0.05) is 5.39 Å². The Bertz CT molecular complexity index is 1570. The largest absolute Gasteiger partial charge is 0.467 e. The summed E-state index contributed by atoms with van der Waals surface area (Å²) in [5.41, 5.74) is 1.12. The number of Topliss-reactive ketones (excluding diaryl/α,β-unsaturated/α-hetero) is 2. The average Bonchev–Trinajstić information content (AvgIpc) is 3.65. The van der Waals surface area contributed by atoms with E-state index in [1.54, 1.807) is 54.6 Å². The molecule has 182 valence electrons. The van der Waals surface area contributed by atoms with Crippen LogP contribution in [0.3, 0.4) is 0 Å². The first-order valence-electron chi connectivity index (χ1n) is 11.8. The highest BCUT2D eigenvalue weighted by Gasteiger charge is 2.52. The summed E-state index contributed by atoms with van der Waals surface area (Å²) in [5, 5.41) is 0.741. The number of likely N-dealkylation sites (tertiary alicyclic amines) is 1. The van der Waals surface area contributed by atoms with Crippen molar-refractivity contribution in [1.82, 2.24) is 4.90 Å². The summed E-state index contributed by atoms with van der Waals surface area (Å²) in [7, 11) is 0. The van der Waals surface area contributed by atoms with Crippen LogP contribution in [0.2, 0.25) is 0 Å². The molecule has 1 fully saturated rings. The third kappa shape index (κ3) is 4.21. The van der Waals surface area contributed by atoms with Crippen LogP contribution in [-0.4, -0.2) is 22.4 Å². The van der Waals surface area contributed by atoms with E-state index in [-0.39, 0.29) is 12.3 Å². The summed E-state index contributed by atoms with van der Waals surface area (Å²) in [6.07, 6.45) is 1.50. The number of carbonyl (C=O) groups is 3. The molecule has 2 aromatic heterocycles. The smallest absolute Gasteiger partial charge is 0.291 e. The minimum atomic E-state index is -1.28. The fourth-order valence-corrected chi connectivity index (χ4v) is 4.74. The van der Waals surface area contributed by atoms with E-state index < -0.39 is 29.4 Å². The molecule has 6 rings (SSSR count). The highest BCUT2D eigenvalue weighted by Crippen LogP contribution is 2.41. The first kappa shape index (κ1) is 22.5. The molecule has 2 atom stereocenters. The van der Waals surface area contributed by atoms with Crippen molar-refractivity contribution in [3.63, 3.8) is 0 Å². The van der Waals surface area contributed by atoms with Gasteiger partial charge in [0.2, 0.25) is 11.6 Å². The maximum Gasteiger partial charge on any atom is 0.291 e. The highest BCUT2D eigenvalue weighted by molar-refractivity contribution is 6.43. The molecule has 1 saturated heterocycles. The second-order valence-electron chi connectivity index (χ2n) is 8.80. The van der Waals surface area contributed by atoms with Crippen molar-refractivity contribution in [2.24, 2.45) is 5.92 Å². The molecule has 2 unspecified atom stereocenters. The van der Waals surface area contributed by atoms with Crippen LogP contribution in [0.25, 0.3) is 11.0 Å². The Morgan fingerprint density at radius 2 is 1.62 bits per heavy atom. The van der Waals surface area contributed by atoms with E-state index in [1.165, 1.54) is 11.2 Å². The fourth-order valence-electron chi connectivity index (χ4n) is 4.74. The molecule has 1 aliphatic rings. The second kappa shape index (κ2) is 9.28. The Hall–Kier alpha value is -4.91. The van der Waals surface area contributed by atoms with Gasteiger partial charge in [-0.2, -0.15) is 0 Å². The molecule has 0 bridgehead atoms. The Balaban J connectivity index is 1.41. The van der Waals surface area contributed by atoms with Crippen molar-refractivity contribution in [1.29, 1.82) is 0 Å². The average molecular weight is 491 g/mol. The number of furan rings is 2. The summed E-state index contributed by atoms with van der Waals surface area (Å²) in [6.45, 7) is 0.0376. The van der Waals surface area contributed by atoms with Crippen LogP contribution >= 0.6 is 0 Å².